The maximum atomic E-state index is 13.6. The number of halogens is 2. The maximum Gasteiger partial charge on any atom is 0.141 e. The molecule has 1 atom stereocenters. The lowest BCUT2D eigenvalue weighted by molar-refractivity contribution is 0.306. The van der Waals surface area contributed by atoms with Crippen LogP contribution in [0.5, 0.6) is 5.75 Å². The number of ether oxygens (including phenoxy) is 1. The van der Waals surface area contributed by atoms with Gasteiger partial charge in [0.2, 0.25) is 0 Å². The van der Waals surface area contributed by atoms with Gasteiger partial charge < -0.3 is 10.1 Å². The molecular formula is C15H23BrFNO. The van der Waals surface area contributed by atoms with Crippen molar-refractivity contribution in [1.29, 1.82) is 0 Å². The molecule has 0 aliphatic heterocycles. The van der Waals surface area contributed by atoms with Crippen LogP contribution in [0.1, 0.15) is 45.7 Å². The molecule has 1 aromatic carbocycles. The zero-order valence-corrected chi connectivity index (χ0v) is 13.9. The van der Waals surface area contributed by atoms with Crippen molar-refractivity contribution in [3.63, 3.8) is 0 Å². The molecular weight excluding hydrogens is 309 g/mol. The summed E-state index contributed by atoms with van der Waals surface area (Å²) in [6.07, 6.45) is 0.954. The molecule has 1 unspecified atom stereocenters. The third-order valence-corrected chi connectivity index (χ3v) is 3.52. The van der Waals surface area contributed by atoms with Gasteiger partial charge >= 0.3 is 0 Å². The molecule has 0 radical (unpaired) electrons. The smallest absolute Gasteiger partial charge is 0.141 e. The Balaban J connectivity index is 3.17. The fourth-order valence-corrected chi connectivity index (χ4v) is 2.51. The Kier molecular flexibility index (Phi) is 5.81. The van der Waals surface area contributed by atoms with Crippen molar-refractivity contribution in [2.24, 2.45) is 5.41 Å². The highest BCUT2D eigenvalue weighted by Gasteiger charge is 2.23. The van der Waals surface area contributed by atoms with Crippen LogP contribution < -0.4 is 10.1 Å². The molecule has 0 spiro atoms. The Morgan fingerprint density at radius 2 is 2.00 bits per heavy atom. The van der Waals surface area contributed by atoms with E-state index in [2.05, 4.69) is 48.9 Å². The number of hydrogen-bond acceptors (Lipinski definition) is 2. The first-order valence-corrected chi connectivity index (χ1v) is 7.34. The summed E-state index contributed by atoms with van der Waals surface area (Å²) in [4.78, 5) is 0. The van der Waals surface area contributed by atoms with Gasteiger partial charge in [0.05, 0.1) is 11.6 Å². The maximum absolute atomic E-state index is 13.6. The van der Waals surface area contributed by atoms with Crippen LogP contribution >= 0.6 is 15.9 Å². The minimum absolute atomic E-state index is 0.150. The normalized spacial score (nSPS) is 13.4. The minimum Gasteiger partial charge on any atom is -0.496 e. The van der Waals surface area contributed by atoms with E-state index in [1.54, 1.807) is 7.11 Å². The van der Waals surface area contributed by atoms with Crippen LogP contribution in [-0.4, -0.2) is 13.7 Å². The van der Waals surface area contributed by atoms with Crippen molar-refractivity contribution in [2.45, 2.75) is 40.2 Å². The summed E-state index contributed by atoms with van der Waals surface area (Å²) in [5, 5.41) is 3.45. The van der Waals surface area contributed by atoms with Gasteiger partial charge in [-0.2, -0.15) is 0 Å². The van der Waals surface area contributed by atoms with E-state index in [9.17, 15) is 4.39 Å². The Labute approximate surface area is 123 Å². The number of rotatable bonds is 5. The van der Waals surface area contributed by atoms with E-state index < -0.39 is 0 Å². The zero-order valence-electron chi connectivity index (χ0n) is 12.3. The van der Waals surface area contributed by atoms with Crippen LogP contribution in [0.25, 0.3) is 0 Å². The van der Waals surface area contributed by atoms with Gasteiger partial charge in [-0.1, -0.05) is 27.7 Å². The van der Waals surface area contributed by atoms with E-state index in [1.165, 1.54) is 6.07 Å². The molecule has 4 heteroatoms. The zero-order chi connectivity index (χ0) is 14.6. The van der Waals surface area contributed by atoms with Crippen molar-refractivity contribution in [1.82, 2.24) is 5.32 Å². The highest BCUT2D eigenvalue weighted by molar-refractivity contribution is 9.10. The Morgan fingerprint density at radius 3 is 2.47 bits per heavy atom. The predicted molar refractivity (Wildman–Crippen MR) is 81.1 cm³/mol. The summed E-state index contributed by atoms with van der Waals surface area (Å²) in [6, 6.07) is 3.40. The molecule has 0 heterocycles. The number of hydrogen-bond donors (Lipinski definition) is 1. The Morgan fingerprint density at radius 1 is 1.37 bits per heavy atom. The molecule has 0 aromatic heterocycles. The summed E-state index contributed by atoms with van der Waals surface area (Å²) in [6.45, 7) is 9.52. The first-order valence-electron chi connectivity index (χ1n) is 6.54. The monoisotopic (exact) mass is 331 g/mol. The van der Waals surface area contributed by atoms with Gasteiger partial charge in [-0.05, 0) is 40.4 Å². The second-order valence-electron chi connectivity index (χ2n) is 5.88. The molecule has 108 valence electrons. The van der Waals surface area contributed by atoms with E-state index in [0.717, 1.165) is 18.5 Å². The summed E-state index contributed by atoms with van der Waals surface area (Å²) < 4.78 is 19.4. The van der Waals surface area contributed by atoms with E-state index >= 15 is 0 Å². The van der Waals surface area contributed by atoms with E-state index in [1.807, 2.05) is 6.07 Å². The quantitative estimate of drug-likeness (QED) is 0.845. The molecule has 0 aliphatic carbocycles. The van der Waals surface area contributed by atoms with Gasteiger partial charge in [0, 0.05) is 17.7 Å². The molecule has 0 bridgehead atoms. The lowest BCUT2D eigenvalue weighted by Crippen LogP contribution is -2.26. The number of nitrogens with one attached hydrogen (secondary N) is 1. The van der Waals surface area contributed by atoms with Gasteiger partial charge in [0.1, 0.15) is 11.6 Å². The van der Waals surface area contributed by atoms with Crippen LogP contribution in [0.2, 0.25) is 0 Å². The highest BCUT2D eigenvalue weighted by Crippen LogP contribution is 2.36. The number of methoxy groups -OCH3 is 1. The first kappa shape index (κ1) is 16.4. The molecule has 0 saturated heterocycles. The fourth-order valence-electron chi connectivity index (χ4n) is 2.14. The van der Waals surface area contributed by atoms with Gasteiger partial charge in [-0.25, -0.2) is 4.39 Å². The van der Waals surface area contributed by atoms with Gasteiger partial charge in [0.25, 0.3) is 0 Å². The topological polar surface area (TPSA) is 21.3 Å². The standard InChI is InChI=1S/C15H23BrFNO/c1-6-18-13(9-15(2,3)4)10-7-11(16)12(17)8-14(10)19-5/h7-8,13,18H,6,9H2,1-5H3. The summed E-state index contributed by atoms with van der Waals surface area (Å²) in [5.41, 5.74) is 1.17. The van der Waals surface area contributed by atoms with Crippen molar-refractivity contribution >= 4 is 15.9 Å². The molecule has 1 rings (SSSR count). The van der Waals surface area contributed by atoms with Gasteiger partial charge in [-0.15, -0.1) is 0 Å². The van der Waals surface area contributed by atoms with E-state index in [4.69, 9.17) is 4.74 Å². The molecule has 0 fully saturated rings. The first-order chi connectivity index (χ1) is 8.78. The molecule has 0 amide bonds. The predicted octanol–water partition coefficient (Wildman–Crippen LogP) is 4.68. The lowest BCUT2D eigenvalue weighted by Gasteiger charge is -2.28. The third-order valence-electron chi connectivity index (χ3n) is 2.92. The summed E-state index contributed by atoms with van der Waals surface area (Å²) in [7, 11) is 1.58. The van der Waals surface area contributed by atoms with Crippen LogP contribution in [0.3, 0.4) is 0 Å². The second-order valence-corrected chi connectivity index (χ2v) is 6.74. The van der Waals surface area contributed by atoms with E-state index in [-0.39, 0.29) is 17.3 Å². The van der Waals surface area contributed by atoms with Crippen LogP contribution in [0.15, 0.2) is 16.6 Å². The average Bonchev–Trinajstić information content (AvgIpc) is 2.30. The summed E-state index contributed by atoms with van der Waals surface area (Å²) in [5.74, 6) is 0.294. The fraction of sp³-hybridized carbons (Fsp3) is 0.600. The SMILES string of the molecule is CCNC(CC(C)(C)C)c1cc(Br)c(F)cc1OC. The van der Waals surface area contributed by atoms with Crippen LogP contribution in [-0.2, 0) is 0 Å². The Bertz CT molecular complexity index is 429. The lowest BCUT2D eigenvalue weighted by atomic mass is 9.85. The minimum atomic E-state index is -0.299. The second kappa shape index (κ2) is 6.71. The van der Waals surface area contributed by atoms with Crippen molar-refractivity contribution in [3.8, 4) is 5.75 Å². The Hall–Kier alpha value is -0.610. The molecule has 19 heavy (non-hydrogen) atoms. The molecule has 2 nitrogen and oxygen atoms in total. The van der Waals surface area contributed by atoms with Gasteiger partial charge in [0.15, 0.2) is 0 Å². The molecule has 1 N–H and O–H groups in total. The molecule has 1 aromatic rings. The van der Waals surface area contributed by atoms with Crippen molar-refractivity contribution in [2.75, 3.05) is 13.7 Å². The highest BCUT2D eigenvalue weighted by atomic mass is 79.9. The summed E-state index contributed by atoms with van der Waals surface area (Å²) >= 11 is 3.25. The van der Waals surface area contributed by atoms with Gasteiger partial charge in [-0.3, -0.25) is 0 Å². The van der Waals surface area contributed by atoms with Crippen LogP contribution in [0, 0.1) is 11.2 Å². The molecule has 0 aliphatic rings. The van der Waals surface area contributed by atoms with Crippen molar-refractivity contribution < 1.29 is 9.13 Å². The largest absolute Gasteiger partial charge is 0.496 e. The molecule has 0 saturated carbocycles. The van der Waals surface area contributed by atoms with Crippen LogP contribution in [0.4, 0.5) is 4.39 Å². The van der Waals surface area contributed by atoms with Crippen molar-refractivity contribution in [3.05, 3.63) is 28.0 Å². The average molecular weight is 332 g/mol. The third kappa shape index (κ3) is 4.77. The van der Waals surface area contributed by atoms with E-state index in [0.29, 0.717) is 10.2 Å². The number of benzene rings is 1.